The summed E-state index contributed by atoms with van der Waals surface area (Å²) in [4.78, 5) is 2.86. The van der Waals surface area contributed by atoms with Gasteiger partial charge in [0.25, 0.3) is 0 Å². The summed E-state index contributed by atoms with van der Waals surface area (Å²) in [6.07, 6.45) is 3.75. The van der Waals surface area contributed by atoms with Crippen molar-refractivity contribution in [2.24, 2.45) is 0 Å². The first-order chi connectivity index (χ1) is 2.50. The van der Waals surface area contributed by atoms with Gasteiger partial charge in [0.15, 0.2) is 0 Å². The van der Waals surface area contributed by atoms with Crippen LogP contribution in [0.5, 0.6) is 0 Å². The van der Waals surface area contributed by atoms with Gasteiger partial charge in [-0.15, -0.1) is 0 Å². The zero-order valence-electron chi connectivity index (χ0n) is 3.26. The van der Waals surface area contributed by atoms with Gasteiger partial charge >= 0.3 is 0 Å². The number of H-pyrrole nitrogens is 1. The molecule has 0 bridgehead atoms. The van der Waals surface area contributed by atoms with Gasteiger partial charge in [-0.2, -0.15) is 0 Å². The van der Waals surface area contributed by atoms with Crippen LogP contribution in [0.25, 0.3) is 0 Å². The molecular formula is C4H5N2. The van der Waals surface area contributed by atoms with E-state index in [0.29, 0.717) is 0 Å². The van der Waals surface area contributed by atoms with Crippen LogP contribution in [0.4, 0.5) is 0 Å². The third kappa shape index (κ3) is 0.904. The summed E-state index contributed by atoms with van der Waals surface area (Å²) in [6.45, 7) is 0. The zero-order valence-corrected chi connectivity index (χ0v) is 3.26. The lowest BCUT2D eigenvalue weighted by Crippen LogP contribution is -1.38. The summed E-state index contributed by atoms with van der Waals surface area (Å²) in [5.41, 5.74) is 0. The normalized spacial score (nSPS) is 6.67. The summed E-state index contributed by atoms with van der Waals surface area (Å²) >= 11 is 0. The molecule has 6 heavy (non-hydrogen) atoms. The fourth-order valence-corrected chi connectivity index (χ4v) is 0.278. The predicted octanol–water partition coefficient (Wildman–Crippen LogP) is 0.534. The van der Waals surface area contributed by atoms with Gasteiger partial charge in [-0.1, -0.05) is 0 Å². The maximum absolute atomic E-state index is 2.86. The average Bonchev–Trinajstić information content (AvgIpc) is 1.76. The van der Waals surface area contributed by atoms with Gasteiger partial charge in [0.1, 0.15) is 0 Å². The van der Waals surface area contributed by atoms with Crippen LogP contribution in [0.3, 0.4) is 0 Å². The van der Waals surface area contributed by atoms with E-state index in [2.05, 4.69) is 4.98 Å². The number of nitrogens with zero attached hydrogens (tertiary/aromatic N) is 1. The molecule has 0 aliphatic rings. The molecule has 1 aromatic rings. The van der Waals surface area contributed by atoms with Crippen LogP contribution >= 0.6 is 0 Å². The summed E-state index contributed by atoms with van der Waals surface area (Å²) in [5.74, 6) is 0. The molecule has 3 radical (unpaired) electrons. The molecule has 2 heteroatoms. The second-order valence-electron chi connectivity index (χ2n) is 0.885. The van der Waals surface area contributed by atoms with Crippen molar-refractivity contribution < 1.29 is 0 Å². The molecule has 0 saturated carbocycles. The van der Waals surface area contributed by atoms with Crippen LogP contribution in [0.15, 0.2) is 24.5 Å². The van der Waals surface area contributed by atoms with E-state index in [1.54, 1.807) is 0 Å². The van der Waals surface area contributed by atoms with E-state index in [1.165, 1.54) is 0 Å². The Morgan fingerprint density at radius 1 is 1.00 bits per heavy atom. The predicted molar refractivity (Wildman–Crippen MR) is 22.9 cm³/mol. The first kappa shape index (κ1) is 5.24. The van der Waals surface area contributed by atoms with Crippen LogP contribution in [0.1, 0.15) is 0 Å². The van der Waals surface area contributed by atoms with Crippen LogP contribution < -0.4 is 6.15 Å². The minimum atomic E-state index is 0. The third-order valence-corrected chi connectivity index (χ3v) is 0.496. The molecule has 0 atom stereocenters. The molecule has 0 aliphatic heterocycles. The van der Waals surface area contributed by atoms with E-state index in [4.69, 9.17) is 0 Å². The lowest BCUT2D eigenvalue weighted by molar-refractivity contribution is 1.42. The fourth-order valence-electron chi connectivity index (χ4n) is 0.278. The molecule has 31 valence electrons. The van der Waals surface area contributed by atoms with Crippen LogP contribution in [0, 0.1) is 0 Å². The molecule has 1 heterocycles. The first-order valence-electron chi connectivity index (χ1n) is 1.58. The molecule has 0 fully saturated rings. The van der Waals surface area contributed by atoms with Gasteiger partial charge in [-0.3, -0.25) is 0 Å². The van der Waals surface area contributed by atoms with Gasteiger partial charge in [0.05, 0.1) is 0 Å². The van der Waals surface area contributed by atoms with E-state index in [0.717, 1.165) is 0 Å². The van der Waals surface area contributed by atoms with Crippen molar-refractivity contribution in [2.45, 2.75) is 0 Å². The number of aromatic nitrogens is 1. The first-order valence-corrected chi connectivity index (χ1v) is 1.58. The highest BCUT2D eigenvalue weighted by Gasteiger charge is 1.55. The van der Waals surface area contributed by atoms with E-state index >= 15 is 0 Å². The Morgan fingerprint density at radius 3 is 1.67 bits per heavy atom. The van der Waals surface area contributed by atoms with Gasteiger partial charge in [0, 0.05) is 18.5 Å². The van der Waals surface area contributed by atoms with Gasteiger partial charge in [-0.05, 0) is 12.1 Å². The molecule has 0 aliphatic carbocycles. The Hall–Kier alpha value is -0.760. The van der Waals surface area contributed by atoms with Gasteiger partial charge < -0.3 is 4.98 Å². The zero-order chi connectivity index (χ0) is 3.54. The third-order valence-electron chi connectivity index (χ3n) is 0.496. The number of hydrogen-bond donors (Lipinski definition) is 1. The maximum atomic E-state index is 2.86. The van der Waals surface area contributed by atoms with Crippen molar-refractivity contribution in [3.8, 4) is 0 Å². The monoisotopic (exact) mass is 81.0 g/mol. The van der Waals surface area contributed by atoms with Crippen LogP contribution in [-0.4, -0.2) is 4.98 Å². The molecule has 0 spiro atoms. The Labute approximate surface area is 36.8 Å². The van der Waals surface area contributed by atoms with Gasteiger partial charge in [0.2, 0.25) is 0 Å². The molecule has 1 N–H and O–H groups in total. The van der Waals surface area contributed by atoms with Crippen molar-refractivity contribution in [3.63, 3.8) is 0 Å². The standard InChI is InChI=1S/C4H5N.N/c1-2-4-5-3-1;/h1-5H;. The van der Waals surface area contributed by atoms with Gasteiger partial charge in [-0.25, -0.2) is 0 Å². The number of hydrogen-bond acceptors (Lipinski definition) is 0. The fraction of sp³-hybridized carbons (Fsp3) is 0. The molecule has 1 rings (SSSR count). The lowest BCUT2D eigenvalue weighted by Gasteiger charge is -1.49. The molecule has 0 unspecified atom stereocenters. The van der Waals surface area contributed by atoms with Crippen molar-refractivity contribution in [2.75, 3.05) is 0 Å². The largest absolute Gasteiger partial charge is 0.368 e. The Kier molecular flexibility index (Phi) is 2.16. The summed E-state index contributed by atoms with van der Waals surface area (Å²) in [6, 6.07) is 3.89. The molecule has 1 aromatic heterocycles. The molecule has 2 nitrogen and oxygen atoms in total. The van der Waals surface area contributed by atoms with E-state index in [9.17, 15) is 0 Å². The lowest BCUT2D eigenvalue weighted by atomic mass is 10.7. The highest BCUT2D eigenvalue weighted by atomic mass is 14.6. The highest BCUT2D eigenvalue weighted by molar-refractivity contribution is 4.84. The molecule has 0 aromatic carbocycles. The number of nitrogens with one attached hydrogen (secondary N) is 1. The molecule has 0 saturated heterocycles. The van der Waals surface area contributed by atoms with Crippen molar-refractivity contribution in [1.82, 2.24) is 11.1 Å². The minimum Gasteiger partial charge on any atom is -0.368 e. The summed E-state index contributed by atoms with van der Waals surface area (Å²) in [5, 5.41) is 0. The quantitative estimate of drug-likeness (QED) is 0.473. The number of aromatic amines is 1. The highest BCUT2D eigenvalue weighted by Crippen LogP contribution is 1.72. The molecule has 0 amide bonds. The van der Waals surface area contributed by atoms with Crippen LogP contribution in [-0.2, 0) is 0 Å². The summed E-state index contributed by atoms with van der Waals surface area (Å²) < 4.78 is 0. The smallest absolute Gasteiger partial charge is 0.000496 e. The van der Waals surface area contributed by atoms with E-state index in [1.807, 2.05) is 24.5 Å². The number of rotatable bonds is 0. The van der Waals surface area contributed by atoms with Crippen LogP contribution in [0.2, 0.25) is 0 Å². The van der Waals surface area contributed by atoms with E-state index < -0.39 is 0 Å². The van der Waals surface area contributed by atoms with Crippen molar-refractivity contribution in [1.29, 1.82) is 0 Å². The Morgan fingerprint density at radius 2 is 1.50 bits per heavy atom. The minimum absolute atomic E-state index is 0. The summed E-state index contributed by atoms with van der Waals surface area (Å²) in [7, 11) is 0. The topological polar surface area (TPSA) is 46.3 Å². The Bertz CT molecular complexity index is 62.0. The Balaban J connectivity index is 0.000000250. The molecular weight excluding hydrogens is 76.1 g/mol. The second-order valence-corrected chi connectivity index (χ2v) is 0.885. The van der Waals surface area contributed by atoms with Crippen molar-refractivity contribution >= 4 is 0 Å². The van der Waals surface area contributed by atoms with Crippen molar-refractivity contribution in [3.05, 3.63) is 24.5 Å². The SMILES string of the molecule is [N].c1cc[nH]c1. The van der Waals surface area contributed by atoms with E-state index in [-0.39, 0.29) is 6.15 Å². The maximum Gasteiger partial charge on any atom is 0.000496 e. The second kappa shape index (κ2) is 2.48. The average molecular weight is 81.1 g/mol.